The van der Waals surface area contributed by atoms with Crippen LogP contribution in [0.1, 0.15) is 21.5 Å². The molecule has 0 saturated carbocycles. The van der Waals surface area contributed by atoms with Gasteiger partial charge in [-0.15, -0.1) is 0 Å². The van der Waals surface area contributed by atoms with E-state index in [0.29, 0.717) is 42.6 Å². The minimum absolute atomic E-state index is 0.405. The molecule has 0 bridgehead atoms. The van der Waals surface area contributed by atoms with Crippen LogP contribution >= 0.6 is 0 Å². The monoisotopic (exact) mass is 407 g/mol. The van der Waals surface area contributed by atoms with E-state index in [2.05, 4.69) is 41.0 Å². The number of anilines is 1. The summed E-state index contributed by atoms with van der Waals surface area (Å²) in [6.07, 6.45) is 0. The number of rotatable bonds is 4. The molecular weight excluding hydrogens is 382 g/mol. The van der Waals surface area contributed by atoms with E-state index in [-0.39, 0.29) is 0 Å². The number of carbonyl (C=O) groups is 2. The average molecular weight is 407 g/mol. The molecule has 3 heterocycles. The van der Waals surface area contributed by atoms with Crippen molar-refractivity contribution in [1.82, 2.24) is 9.80 Å². The lowest BCUT2D eigenvalue weighted by atomic mass is 10.1. The quantitative estimate of drug-likeness (QED) is 0.724. The number of nitrogens with zero attached hydrogens (tertiary/aromatic N) is 3. The van der Waals surface area contributed by atoms with E-state index >= 15 is 0 Å². The average Bonchev–Trinajstić information content (AvgIpc) is 2.99. The first kappa shape index (κ1) is 19.1. The SMILES string of the molecule is Cc1ccccc1CN1CCN(CN2C(=O)C(=O)c3cc4c(cc32)OCCO4)CC1. The molecule has 2 aromatic carbocycles. The number of hydrogen-bond donors (Lipinski definition) is 0. The molecule has 0 radical (unpaired) electrons. The summed E-state index contributed by atoms with van der Waals surface area (Å²) < 4.78 is 11.2. The van der Waals surface area contributed by atoms with Crippen LogP contribution in [-0.2, 0) is 11.3 Å². The Kier molecular flexibility index (Phi) is 4.92. The van der Waals surface area contributed by atoms with Gasteiger partial charge in [0, 0.05) is 38.8 Å². The highest BCUT2D eigenvalue weighted by atomic mass is 16.6. The molecule has 3 aliphatic heterocycles. The van der Waals surface area contributed by atoms with E-state index in [0.717, 1.165) is 32.7 Å². The molecule has 1 amide bonds. The van der Waals surface area contributed by atoms with Crippen molar-refractivity contribution in [1.29, 1.82) is 0 Å². The summed E-state index contributed by atoms with van der Waals surface area (Å²) in [6.45, 7) is 7.97. The maximum absolute atomic E-state index is 12.7. The van der Waals surface area contributed by atoms with E-state index < -0.39 is 11.7 Å². The molecule has 3 aliphatic rings. The zero-order valence-electron chi connectivity index (χ0n) is 17.1. The highest BCUT2D eigenvalue weighted by molar-refractivity contribution is 6.52. The van der Waals surface area contributed by atoms with Gasteiger partial charge in [0.25, 0.3) is 5.78 Å². The maximum Gasteiger partial charge on any atom is 0.300 e. The Morgan fingerprint density at radius 2 is 1.57 bits per heavy atom. The topological polar surface area (TPSA) is 62.3 Å². The first-order valence-corrected chi connectivity index (χ1v) is 10.4. The number of aryl methyl sites for hydroxylation is 1. The number of Topliss-reactive ketones (excluding diaryl/α,β-unsaturated/α-hetero) is 1. The Bertz CT molecular complexity index is 998. The highest BCUT2D eigenvalue weighted by Gasteiger charge is 2.38. The van der Waals surface area contributed by atoms with Gasteiger partial charge in [0.1, 0.15) is 13.2 Å². The van der Waals surface area contributed by atoms with E-state index in [4.69, 9.17) is 9.47 Å². The van der Waals surface area contributed by atoms with Crippen molar-refractivity contribution in [3.63, 3.8) is 0 Å². The summed E-state index contributed by atoms with van der Waals surface area (Å²) >= 11 is 0. The third kappa shape index (κ3) is 3.44. The predicted molar refractivity (Wildman–Crippen MR) is 112 cm³/mol. The third-order valence-corrected chi connectivity index (χ3v) is 6.10. The molecule has 7 heteroatoms. The van der Waals surface area contributed by atoms with Crippen LogP contribution in [0.3, 0.4) is 0 Å². The number of hydrogen-bond acceptors (Lipinski definition) is 6. The van der Waals surface area contributed by atoms with Crippen molar-refractivity contribution in [3.8, 4) is 11.5 Å². The van der Waals surface area contributed by atoms with Gasteiger partial charge in [-0.1, -0.05) is 24.3 Å². The number of carbonyl (C=O) groups excluding carboxylic acids is 2. The number of ether oxygens (including phenoxy) is 2. The molecule has 0 unspecified atom stereocenters. The van der Waals surface area contributed by atoms with Crippen LogP contribution in [-0.4, -0.2) is 67.6 Å². The summed E-state index contributed by atoms with van der Waals surface area (Å²) in [6, 6.07) is 11.9. The van der Waals surface area contributed by atoms with Crippen LogP contribution in [0.2, 0.25) is 0 Å². The van der Waals surface area contributed by atoms with Crippen LogP contribution in [0.5, 0.6) is 11.5 Å². The lowest BCUT2D eigenvalue weighted by molar-refractivity contribution is -0.114. The molecule has 0 spiro atoms. The Balaban J connectivity index is 1.26. The second-order valence-corrected chi connectivity index (χ2v) is 8.04. The number of benzene rings is 2. The third-order valence-electron chi connectivity index (χ3n) is 6.10. The first-order valence-electron chi connectivity index (χ1n) is 10.4. The molecule has 1 fully saturated rings. The lowest BCUT2D eigenvalue weighted by Gasteiger charge is -2.36. The van der Waals surface area contributed by atoms with Crippen molar-refractivity contribution in [2.45, 2.75) is 13.5 Å². The maximum atomic E-state index is 12.7. The zero-order chi connectivity index (χ0) is 20.7. The van der Waals surface area contributed by atoms with Gasteiger partial charge < -0.3 is 9.47 Å². The second kappa shape index (κ2) is 7.74. The Morgan fingerprint density at radius 3 is 2.30 bits per heavy atom. The van der Waals surface area contributed by atoms with Crippen LogP contribution in [0.15, 0.2) is 36.4 Å². The van der Waals surface area contributed by atoms with Crippen molar-refractivity contribution in [2.24, 2.45) is 0 Å². The fraction of sp³-hybridized carbons (Fsp3) is 0.391. The molecule has 156 valence electrons. The summed E-state index contributed by atoms with van der Waals surface area (Å²) in [5, 5.41) is 0. The summed E-state index contributed by atoms with van der Waals surface area (Å²) in [4.78, 5) is 31.4. The second-order valence-electron chi connectivity index (χ2n) is 8.04. The fourth-order valence-corrected chi connectivity index (χ4v) is 4.29. The van der Waals surface area contributed by atoms with Gasteiger partial charge in [0.15, 0.2) is 11.5 Å². The minimum Gasteiger partial charge on any atom is -0.486 e. The molecule has 30 heavy (non-hydrogen) atoms. The number of piperazine rings is 1. The normalized spacial score (nSPS) is 19.3. The molecule has 2 aromatic rings. The van der Waals surface area contributed by atoms with Crippen LogP contribution < -0.4 is 14.4 Å². The molecule has 0 atom stereocenters. The number of fused-ring (bicyclic) bond motifs is 2. The molecule has 0 aromatic heterocycles. The van der Waals surface area contributed by atoms with Gasteiger partial charge in [0.05, 0.1) is 17.9 Å². The standard InChI is InChI=1S/C23H25N3O4/c1-16-4-2-3-5-17(16)14-24-6-8-25(9-7-24)15-26-19-13-21-20(29-10-11-30-21)12-18(19)22(27)23(26)28/h2-5,12-13H,6-11,14-15H2,1H3. The van der Waals surface area contributed by atoms with Gasteiger partial charge in [-0.25, -0.2) is 0 Å². The van der Waals surface area contributed by atoms with Crippen LogP contribution in [0, 0.1) is 6.92 Å². The summed E-state index contributed by atoms with van der Waals surface area (Å²) in [7, 11) is 0. The Hall–Kier alpha value is -2.90. The van der Waals surface area contributed by atoms with Crippen LogP contribution in [0.25, 0.3) is 0 Å². The van der Waals surface area contributed by atoms with Crippen molar-refractivity contribution in [2.75, 3.05) is 51.0 Å². The molecule has 1 saturated heterocycles. The fourth-order valence-electron chi connectivity index (χ4n) is 4.29. The molecule has 0 N–H and O–H groups in total. The lowest BCUT2D eigenvalue weighted by Crippen LogP contribution is -2.50. The van der Waals surface area contributed by atoms with Crippen molar-refractivity contribution in [3.05, 3.63) is 53.1 Å². The van der Waals surface area contributed by atoms with Gasteiger partial charge in [-0.05, 0) is 24.1 Å². The smallest absolute Gasteiger partial charge is 0.300 e. The molecule has 0 aliphatic carbocycles. The number of amides is 1. The number of ketones is 1. The largest absolute Gasteiger partial charge is 0.486 e. The summed E-state index contributed by atoms with van der Waals surface area (Å²) in [5.74, 6) is 0.179. The highest BCUT2D eigenvalue weighted by Crippen LogP contribution is 2.40. The van der Waals surface area contributed by atoms with E-state index in [1.54, 1.807) is 17.0 Å². The molecule has 7 nitrogen and oxygen atoms in total. The summed E-state index contributed by atoms with van der Waals surface area (Å²) in [5.41, 5.74) is 3.69. The van der Waals surface area contributed by atoms with Gasteiger partial charge >= 0.3 is 5.91 Å². The van der Waals surface area contributed by atoms with E-state index in [1.807, 2.05) is 0 Å². The predicted octanol–water partition coefficient (Wildman–Crippen LogP) is 2.07. The Labute approximate surface area is 175 Å². The zero-order valence-corrected chi connectivity index (χ0v) is 17.1. The first-order chi connectivity index (χ1) is 14.6. The van der Waals surface area contributed by atoms with Crippen molar-refractivity contribution >= 4 is 17.4 Å². The van der Waals surface area contributed by atoms with Crippen LogP contribution in [0.4, 0.5) is 5.69 Å². The van der Waals surface area contributed by atoms with Crippen molar-refractivity contribution < 1.29 is 19.1 Å². The Morgan fingerprint density at radius 1 is 0.900 bits per heavy atom. The van der Waals surface area contributed by atoms with Gasteiger partial charge in [-0.2, -0.15) is 0 Å². The molecular formula is C23H25N3O4. The van der Waals surface area contributed by atoms with E-state index in [9.17, 15) is 9.59 Å². The van der Waals surface area contributed by atoms with Gasteiger partial charge in [-0.3, -0.25) is 24.3 Å². The molecule has 5 rings (SSSR count). The minimum atomic E-state index is -0.477. The van der Waals surface area contributed by atoms with Gasteiger partial charge in [0.2, 0.25) is 0 Å². The van der Waals surface area contributed by atoms with E-state index in [1.165, 1.54) is 11.1 Å².